The lowest BCUT2D eigenvalue weighted by atomic mass is 10.0. The van der Waals surface area contributed by atoms with Crippen molar-refractivity contribution in [2.24, 2.45) is 0 Å². The number of fused-ring (bicyclic) bond motifs is 1. The maximum absolute atomic E-state index is 13.1. The highest BCUT2D eigenvalue weighted by Crippen LogP contribution is 2.14. The van der Waals surface area contributed by atoms with Gasteiger partial charge in [-0.2, -0.15) is 5.10 Å². The lowest BCUT2D eigenvalue weighted by Gasteiger charge is -2.25. The van der Waals surface area contributed by atoms with Crippen LogP contribution in [0.15, 0.2) is 59.4 Å². The van der Waals surface area contributed by atoms with Crippen LogP contribution in [0, 0.1) is 0 Å². The topological polar surface area (TPSA) is 67.2 Å². The average Bonchev–Trinajstić information content (AvgIpc) is 2.78. The van der Waals surface area contributed by atoms with E-state index in [1.54, 1.807) is 12.1 Å². The molecule has 3 rings (SSSR count). The molecule has 6 heteroatoms. The summed E-state index contributed by atoms with van der Waals surface area (Å²) in [4.78, 5) is 28.1. The minimum absolute atomic E-state index is 0.140. The van der Waals surface area contributed by atoms with E-state index in [0.29, 0.717) is 29.6 Å². The molecule has 6 nitrogen and oxygen atoms in total. The standard InChI is InChI=1S/C25H32N4O2/c1-4-5-11-16-29-25(31)22-15-10-9-14-21(22)23(27-29)24(30)26-18-20(28(2)3)17-19-12-7-6-8-13-19/h6-10,12-15,20H,4-5,11,16-18H2,1-3H3,(H,26,30). The number of rotatable bonds is 10. The molecular weight excluding hydrogens is 388 g/mol. The predicted octanol–water partition coefficient (Wildman–Crippen LogP) is 3.49. The molecule has 0 radical (unpaired) electrons. The normalized spacial score (nSPS) is 12.3. The lowest BCUT2D eigenvalue weighted by molar-refractivity contribution is 0.0936. The first kappa shape index (κ1) is 22.7. The van der Waals surface area contributed by atoms with Crippen molar-refractivity contribution in [3.05, 3.63) is 76.2 Å². The Morgan fingerprint density at radius 1 is 1.03 bits per heavy atom. The van der Waals surface area contributed by atoms with Gasteiger partial charge in [0.1, 0.15) is 0 Å². The second kappa shape index (κ2) is 10.9. The zero-order valence-electron chi connectivity index (χ0n) is 18.7. The number of likely N-dealkylation sites (N-methyl/N-ethyl adjacent to an activating group) is 1. The van der Waals surface area contributed by atoms with Crippen molar-refractivity contribution in [3.63, 3.8) is 0 Å². The smallest absolute Gasteiger partial charge is 0.274 e. The van der Waals surface area contributed by atoms with Gasteiger partial charge in [0.2, 0.25) is 0 Å². The zero-order valence-corrected chi connectivity index (χ0v) is 18.7. The first-order valence-corrected chi connectivity index (χ1v) is 11.0. The average molecular weight is 421 g/mol. The molecule has 1 heterocycles. The molecule has 31 heavy (non-hydrogen) atoms. The van der Waals surface area contributed by atoms with Crippen LogP contribution in [0.1, 0.15) is 42.2 Å². The monoisotopic (exact) mass is 420 g/mol. The summed E-state index contributed by atoms with van der Waals surface area (Å²) in [6.45, 7) is 3.13. The molecule has 3 aromatic rings. The minimum Gasteiger partial charge on any atom is -0.349 e. The van der Waals surface area contributed by atoms with E-state index >= 15 is 0 Å². The van der Waals surface area contributed by atoms with Crippen LogP contribution in [0.25, 0.3) is 10.8 Å². The number of nitrogens with one attached hydrogen (secondary N) is 1. The van der Waals surface area contributed by atoms with Crippen molar-refractivity contribution in [3.8, 4) is 0 Å². The maximum Gasteiger partial charge on any atom is 0.274 e. The Bertz CT molecular complexity index is 1060. The molecule has 0 aliphatic heterocycles. The third kappa shape index (κ3) is 5.79. The van der Waals surface area contributed by atoms with Crippen molar-refractivity contribution in [2.75, 3.05) is 20.6 Å². The Kier molecular flexibility index (Phi) is 7.95. The number of amides is 1. The van der Waals surface area contributed by atoms with Gasteiger partial charge in [0.15, 0.2) is 5.69 Å². The number of unbranched alkanes of at least 4 members (excludes halogenated alkanes) is 2. The Labute approximate surface area is 183 Å². The summed E-state index contributed by atoms with van der Waals surface area (Å²) in [6, 6.07) is 17.6. The number of hydrogen-bond donors (Lipinski definition) is 1. The summed E-state index contributed by atoms with van der Waals surface area (Å²) >= 11 is 0. The van der Waals surface area contributed by atoms with Gasteiger partial charge < -0.3 is 10.2 Å². The second-order valence-electron chi connectivity index (χ2n) is 8.15. The van der Waals surface area contributed by atoms with Crippen LogP contribution in [-0.4, -0.2) is 47.3 Å². The van der Waals surface area contributed by atoms with Gasteiger partial charge in [-0.3, -0.25) is 9.59 Å². The Balaban J connectivity index is 1.82. The summed E-state index contributed by atoms with van der Waals surface area (Å²) < 4.78 is 1.44. The van der Waals surface area contributed by atoms with Crippen molar-refractivity contribution in [1.82, 2.24) is 20.0 Å². The van der Waals surface area contributed by atoms with Gasteiger partial charge in [-0.05, 0) is 38.6 Å². The third-order valence-electron chi connectivity index (χ3n) is 5.60. The molecular formula is C25H32N4O2. The van der Waals surface area contributed by atoms with Crippen LogP contribution in [-0.2, 0) is 13.0 Å². The van der Waals surface area contributed by atoms with E-state index in [1.165, 1.54) is 10.2 Å². The fraction of sp³-hybridized carbons (Fsp3) is 0.400. The van der Waals surface area contributed by atoms with Gasteiger partial charge in [0.05, 0.1) is 5.39 Å². The van der Waals surface area contributed by atoms with Gasteiger partial charge in [-0.15, -0.1) is 0 Å². The molecule has 0 fully saturated rings. The van der Waals surface area contributed by atoms with Gasteiger partial charge >= 0.3 is 0 Å². The quantitative estimate of drug-likeness (QED) is 0.510. The number of nitrogens with zero attached hydrogens (tertiary/aromatic N) is 3. The van der Waals surface area contributed by atoms with Crippen LogP contribution >= 0.6 is 0 Å². The summed E-state index contributed by atoms with van der Waals surface area (Å²) in [5, 5.41) is 8.64. The molecule has 1 amide bonds. The Morgan fingerprint density at radius 2 is 1.71 bits per heavy atom. The van der Waals surface area contributed by atoms with E-state index < -0.39 is 0 Å². The van der Waals surface area contributed by atoms with E-state index in [-0.39, 0.29) is 17.5 Å². The highest BCUT2D eigenvalue weighted by Gasteiger charge is 2.19. The summed E-state index contributed by atoms with van der Waals surface area (Å²) in [5.74, 6) is -0.250. The SMILES string of the molecule is CCCCCn1nc(C(=O)NCC(Cc2ccccc2)N(C)C)c2ccccc2c1=O. The number of benzene rings is 2. The number of carbonyl (C=O) groups excluding carboxylic acids is 1. The van der Waals surface area contributed by atoms with Crippen LogP contribution in [0.5, 0.6) is 0 Å². The fourth-order valence-corrected chi connectivity index (χ4v) is 3.68. The predicted molar refractivity (Wildman–Crippen MR) is 125 cm³/mol. The summed E-state index contributed by atoms with van der Waals surface area (Å²) in [5.41, 5.74) is 1.39. The number of hydrogen-bond acceptors (Lipinski definition) is 4. The van der Waals surface area contributed by atoms with Crippen LogP contribution in [0.4, 0.5) is 0 Å². The van der Waals surface area contributed by atoms with Crippen molar-refractivity contribution in [1.29, 1.82) is 0 Å². The highest BCUT2D eigenvalue weighted by molar-refractivity contribution is 6.04. The molecule has 1 N–H and O–H groups in total. The maximum atomic E-state index is 13.1. The number of aromatic nitrogens is 2. The molecule has 1 aromatic heterocycles. The molecule has 0 aliphatic rings. The first-order chi connectivity index (χ1) is 15.0. The molecule has 1 atom stereocenters. The van der Waals surface area contributed by atoms with Crippen molar-refractivity contribution < 1.29 is 4.79 Å². The molecule has 0 spiro atoms. The van der Waals surface area contributed by atoms with E-state index in [0.717, 1.165) is 25.7 Å². The van der Waals surface area contributed by atoms with Gasteiger partial charge in [-0.1, -0.05) is 68.3 Å². The molecule has 1 unspecified atom stereocenters. The van der Waals surface area contributed by atoms with Crippen molar-refractivity contribution >= 4 is 16.7 Å². The molecule has 0 saturated carbocycles. The van der Waals surface area contributed by atoms with Crippen molar-refractivity contribution in [2.45, 2.75) is 45.2 Å². The summed E-state index contributed by atoms with van der Waals surface area (Å²) in [7, 11) is 4.03. The largest absolute Gasteiger partial charge is 0.349 e. The van der Waals surface area contributed by atoms with Gasteiger partial charge in [-0.25, -0.2) is 4.68 Å². The summed E-state index contributed by atoms with van der Waals surface area (Å²) in [6.07, 6.45) is 3.77. The number of carbonyl (C=O) groups is 1. The minimum atomic E-state index is -0.250. The molecule has 164 valence electrons. The lowest BCUT2D eigenvalue weighted by Crippen LogP contribution is -2.42. The van der Waals surface area contributed by atoms with E-state index in [4.69, 9.17) is 0 Å². The molecule has 0 bridgehead atoms. The highest BCUT2D eigenvalue weighted by atomic mass is 16.2. The molecule has 0 saturated heterocycles. The number of aryl methyl sites for hydroxylation is 1. The van der Waals surface area contributed by atoms with Crippen LogP contribution in [0.2, 0.25) is 0 Å². The fourth-order valence-electron chi connectivity index (χ4n) is 3.68. The van der Waals surface area contributed by atoms with Crippen LogP contribution < -0.4 is 10.9 Å². The van der Waals surface area contributed by atoms with E-state index in [1.807, 2.05) is 44.4 Å². The Hall–Kier alpha value is -2.99. The molecule has 0 aliphatic carbocycles. The van der Waals surface area contributed by atoms with Gasteiger partial charge in [0.25, 0.3) is 11.5 Å². The van der Waals surface area contributed by atoms with E-state index in [9.17, 15) is 9.59 Å². The zero-order chi connectivity index (χ0) is 22.2. The Morgan fingerprint density at radius 3 is 2.39 bits per heavy atom. The van der Waals surface area contributed by atoms with Crippen LogP contribution in [0.3, 0.4) is 0 Å². The second-order valence-corrected chi connectivity index (χ2v) is 8.15. The molecule has 2 aromatic carbocycles. The van der Waals surface area contributed by atoms with Gasteiger partial charge in [0, 0.05) is 24.5 Å². The van der Waals surface area contributed by atoms with E-state index in [2.05, 4.69) is 34.4 Å². The third-order valence-corrected chi connectivity index (χ3v) is 5.60. The first-order valence-electron chi connectivity index (χ1n) is 11.0.